The molecule has 2 N–H and O–H groups in total. The van der Waals surface area contributed by atoms with Crippen molar-refractivity contribution in [2.75, 3.05) is 82.2 Å². The summed E-state index contributed by atoms with van der Waals surface area (Å²) in [4.78, 5) is 175. The minimum Gasteiger partial charge on any atom is -0.390 e. The number of aliphatic hydroxyl groups is 1. The van der Waals surface area contributed by atoms with E-state index in [1.807, 2.05) is 69.2 Å². The van der Waals surface area contributed by atoms with Crippen LogP contribution in [0.1, 0.15) is 175 Å². The number of carbonyl (C=O) groups is 11. The maximum atomic E-state index is 15.4. The molecule has 8 amide bonds. The number of ether oxygens (including phenoxy) is 1. The number of morpholine rings is 1. The lowest BCUT2D eigenvalue weighted by atomic mass is 9.84. The lowest BCUT2D eigenvalue weighted by Gasteiger charge is -2.42. The number of likely N-dealkylation sites (N-methyl/N-ethyl adjacent to an activating group) is 7. The zero-order valence-electron chi connectivity index (χ0n) is 60.3. The third kappa shape index (κ3) is 22.5. The minimum absolute atomic E-state index is 0.0736. The predicted octanol–water partition coefficient (Wildman–Crippen LogP) is 6.20. The first-order chi connectivity index (χ1) is 42.2. The quantitative estimate of drug-likeness (QED) is 0.163. The number of hydrogen-bond acceptors (Lipinski definition) is 14. The number of allylic oxidation sites excluding steroid dienone is 1. The van der Waals surface area contributed by atoms with Gasteiger partial charge in [0.1, 0.15) is 35.9 Å². The Morgan fingerprint density at radius 1 is 0.516 bits per heavy atom. The Balaban J connectivity index is 3.03. The van der Waals surface area contributed by atoms with Crippen molar-refractivity contribution in [3.05, 3.63) is 11.8 Å². The lowest BCUT2D eigenvalue weighted by molar-refractivity contribution is -0.157. The molecule has 0 aromatic heterocycles. The number of hydrogen-bond donors (Lipinski definition) is 2. The van der Waals surface area contributed by atoms with Crippen LogP contribution in [0.15, 0.2) is 11.8 Å². The van der Waals surface area contributed by atoms with Gasteiger partial charge in [0, 0.05) is 99.4 Å². The van der Waals surface area contributed by atoms with Crippen LogP contribution in [0.5, 0.6) is 0 Å². The van der Waals surface area contributed by atoms with Gasteiger partial charge in [0.05, 0.1) is 31.4 Å². The molecule has 0 bridgehead atoms. The molecule has 0 unspecified atom stereocenters. The van der Waals surface area contributed by atoms with E-state index in [0.29, 0.717) is 39.3 Å². The summed E-state index contributed by atoms with van der Waals surface area (Å²) in [5, 5.41) is 15.3. The van der Waals surface area contributed by atoms with Crippen molar-refractivity contribution < 1.29 is 62.6 Å². The molecular weight excluding hydrogens is 1160 g/mol. The summed E-state index contributed by atoms with van der Waals surface area (Å²) >= 11 is 0. The van der Waals surface area contributed by atoms with Gasteiger partial charge in [-0.05, 0) is 100 Å². The molecule has 2 heterocycles. The van der Waals surface area contributed by atoms with Crippen LogP contribution in [-0.2, 0) is 57.5 Å². The van der Waals surface area contributed by atoms with E-state index in [9.17, 15) is 38.7 Å². The van der Waals surface area contributed by atoms with E-state index in [4.69, 9.17) is 4.74 Å². The van der Waals surface area contributed by atoms with Crippen molar-refractivity contribution in [1.29, 1.82) is 0 Å². The van der Waals surface area contributed by atoms with Crippen LogP contribution in [0.2, 0.25) is 0 Å². The summed E-state index contributed by atoms with van der Waals surface area (Å²) in [6, 6.07) is -8.24. The van der Waals surface area contributed by atoms with Crippen LogP contribution in [0.4, 0.5) is 0 Å². The number of nitrogens with zero attached hydrogens (tertiary/aromatic N) is 8. The van der Waals surface area contributed by atoms with Crippen molar-refractivity contribution in [2.24, 2.45) is 59.2 Å². The standard InChI is InChI=1S/C69H121N9O13/c1-25-49-38-58(81)60(61(82)46(15)27-28-78-29-31-91-32-30-78)77(24)69(90)59(45(13)14)76(23)68(89)55(36-43(9)10)75(22)67(88)54(35-42(7)8)74(21)63(84)48(17)70-62(83)47(16)37-56(79)52(33-40(3)4)72(19)65(86)50(44(11)12)39-57(80)53(34-41(5)6)73(20)66(87)51(26-2)71(18)64(49)85/h26,40-50,52-55,59-61,82H,25,27-39H2,1-24H3,(H,70,83)/b51-26+/t46-,47+,48+,49+,50-,52-,53+,54-,55-,59-,60+,61-/m1/s1. The summed E-state index contributed by atoms with van der Waals surface area (Å²) in [5.74, 6) is -11.1. The minimum atomic E-state index is -1.52. The van der Waals surface area contributed by atoms with Crippen LogP contribution in [-0.4, -0.2) is 239 Å². The number of carbonyl (C=O) groups excluding carboxylic acids is 11. The molecule has 520 valence electrons. The number of aliphatic hydroxyl groups excluding tert-OH is 1. The summed E-state index contributed by atoms with van der Waals surface area (Å²) in [7, 11) is 10.3. The maximum absolute atomic E-state index is 15.4. The third-order valence-corrected chi connectivity index (χ3v) is 18.7. The number of rotatable bonds is 16. The molecule has 0 saturated carbocycles. The molecule has 0 aromatic carbocycles. The van der Waals surface area contributed by atoms with Crippen molar-refractivity contribution in [3.8, 4) is 0 Å². The van der Waals surface area contributed by atoms with Gasteiger partial charge in [-0.25, -0.2) is 0 Å². The molecule has 2 rings (SSSR count). The smallest absolute Gasteiger partial charge is 0.270 e. The lowest BCUT2D eigenvalue weighted by Crippen LogP contribution is -2.62. The molecule has 0 aliphatic carbocycles. The van der Waals surface area contributed by atoms with E-state index in [-0.39, 0.29) is 74.3 Å². The monoisotopic (exact) mass is 1280 g/mol. The molecule has 2 aliphatic rings. The van der Waals surface area contributed by atoms with E-state index in [1.54, 1.807) is 41.5 Å². The first-order valence-electron chi connectivity index (χ1n) is 33.6. The summed E-state index contributed by atoms with van der Waals surface area (Å²) in [6.07, 6.45) is 0.335. The maximum Gasteiger partial charge on any atom is 0.270 e. The highest BCUT2D eigenvalue weighted by Gasteiger charge is 2.46. The van der Waals surface area contributed by atoms with E-state index < -0.39 is 155 Å². The van der Waals surface area contributed by atoms with E-state index in [0.717, 1.165) is 0 Å². The Bertz CT molecular complexity index is 2510. The molecular formula is C69H121N9O13. The molecule has 2 fully saturated rings. The van der Waals surface area contributed by atoms with E-state index in [2.05, 4.69) is 10.2 Å². The molecule has 0 spiro atoms. The number of amides is 8. The molecule has 0 aromatic rings. The van der Waals surface area contributed by atoms with Crippen LogP contribution >= 0.6 is 0 Å². The molecule has 12 atom stereocenters. The molecule has 0 radical (unpaired) electrons. The van der Waals surface area contributed by atoms with Gasteiger partial charge < -0.3 is 49.5 Å². The average molecular weight is 1280 g/mol. The summed E-state index contributed by atoms with van der Waals surface area (Å²) in [6.45, 7) is 33.5. The van der Waals surface area contributed by atoms with Gasteiger partial charge >= 0.3 is 0 Å². The fourth-order valence-electron chi connectivity index (χ4n) is 12.7. The Morgan fingerprint density at radius 2 is 0.956 bits per heavy atom. The van der Waals surface area contributed by atoms with Crippen molar-refractivity contribution >= 4 is 64.6 Å². The van der Waals surface area contributed by atoms with Crippen LogP contribution in [0.25, 0.3) is 0 Å². The molecule has 2 saturated heterocycles. The van der Waals surface area contributed by atoms with Gasteiger partial charge in [0.2, 0.25) is 41.4 Å². The third-order valence-electron chi connectivity index (χ3n) is 18.7. The largest absolute Gasteiger partial charge is 0.390 e. The second-order valence-corrected chi connectivity index (χ2v) is 28.8. The first-order valence-corrected chi connectivity index (χ1v) is 33.6. The summed E-state index contributed by atoms with van der Waals surface area (Å²) < 4.78 is 5.56. The topological polar surface area (TPSA) is 255 Å². The summed E-state index contributed by atoms with van der Waals surface area (Å²) in [5.41, 5.74) is -0.0736. The fraction of sp³-hybridized carbons (Fsp3) is 0.812. The number of ketones is 3. The second kappa shape index (κ2) is 37.3. The normalized spacial score (nSPS) is 27.8. The number of nitrogens with one attached hydrogen (secondary N) is 1. The van der Waals surface area contributed by atoms with Gasteiger partial charge in [-0.15, -0.1) is 0 Å². The van der Waals surface area contributed by atoms with Crippen molar-refractivity contribution in [3.63, 3.8) is 0 Å². The van der Waals surface area contributed by atoms with E-state index >= 15 is 19.2 Å². The second-order valence-electron chi connectivity index (χ2n) is 28.8. The fourth-order valence-corrected chi connectivity index (χ4v) is 12.7. The highest BCUT2D eigenvalue weighted by molar-refractivity contribution is 6.02. The van der Waals surface area contributed by atoms with Gasteiger partial charge in [0.25, 0.3) is 5.91 Å². The zero-order valence-corrected chi connectivity index (χ0v) is 60.3. The Kier molecular flexibility index (Phi) is 33.4. The Labute approximate surface area is 546 Å². The number of Topliss-reactive ketones (excluding diaryl/α,β-unsaturated/α-hetero) is 3. The molecule has 91 heavy (non-hydrogen) atoms. The Hall–Kier alpha value is -5.61. The van der Waals surface area contributed by atoms with Crippen molar-refractivity contribution in [1.82, 2.24) is 44.5 Å². The van der Waals surface area contributed by atoms with Crippen LogP contribution in [0, 0.1) is 59.2 Å². The van der Waals surface area contributed by atoms with Gasteiger partial charge in [-0.2, -0.15) is 0 Å². The van der Waals surface area contributed by atoms with Gasteiger partial charge in [-0.3, -0.25) is 57.6 Å². The highest BCUT2D eigenvalue weighted by atomic mass is 16.5. The Morgan fingerprint density at radius 3 is 1.42 bits per heavy atom. The molecule has 22 nitrogen and oxygen atoms in total. The van der Waals surface area contributed by atoms with Gasteiger partial charge in [-0.1, -0.05) is 110 Å². The van der Waals surface area contributed by atoms with Gasteiger partial charge in [0.15, 0.2) is 17.3 Å². The average Bonchev–Trinajstić information content (AvgIpc) is 0.840. The van der Waals surface area contributed by atoms with Crippen molar-refractivity contribution in [2.45, 2.75) is 224 Å². The zero-order chi connectivity index (χ0) is 70.0. The van der Waals surface area contributed by atoms with Crippen LogP contribution in [0.3, 0.4) is 0 Å². The SMILES string of the molecule is C/C=C1\C(=O)N(C)[C@@H](CC(C)C)C(=O)C[C@H](C(C)C)C(=O)N(C)[C@H](CC(C)C)C(=O)C[C@H](C)C(=O)N[C@@H](C)C(=O)N(C)[C@H](CC(C)C)C(=O)N(C)[C@H](CC(C)C)C(=O)N(C)[C@H](C(C)C)C(=O)N(C)[C@H]([C@H](O)[C@H](C)CCN2CCOCC2)C(=O)C[C@H](CC)C(=O)N1C. The predicted molar refractivity (Wildman–Crippen MR) is 353 cm³/mol. The first kappa shape index (κ1) is 81.5. The molecule has 2 aliphatic heterocycles. The highest BCUT2D eigenvalue weighted by Crippen LogP contribution is 2.30. The van der Waals surface area contributed by atoms with Crippen LogP contribution < -0.4 is 5.32 Å². The molecule has 22 heteroatoms. The van der Waals surface area contributed by atoms with E-state index in [1.165, 1.54) is 96.6 Å².